The quantitative estimate of drug-likeness (QED) is 0.910. The van der Waals surface area contributed by atoms with E-state index < -0.39 is 0 Å². The number of aromatic nitrogens is 1. The summed E-state index contributed by atoms with van der Waals surface area (Å²) in [7, 11) is 0. The van der Waals surface area contributed by atoms with E-state index in [9.17, 15) is 9.59 Å². The van der Waals surface area contributed by atoms with Gasteiger partial charge in [0.25, 0.3) is 0 Å². The number of nitrogens with one attached hydrogen (secondary N) is 1. The minimum atomic E-state index is 0.0555. The van der Waals surface area contributed by atoms with Gasteiger partial charge in [0, 0.05) is 43.6 Å². The Labute approximate surface area is 148 Å². The summed E-state index contributed by atoms with van der Waals surface area (Å²) in [6.07, 6.45) is 6.77. The van der Waals surface area contributed by atoms with Crippen molar-refractivity contribution in [1.82, 2.24) is 14.8 Å². The number of amides is 2. The third-order valence-corrected chi connectivity index (χ3v) is 4.65. The highest BCUT2D eigenvalue weighted by Crippen LogP contribution is 2.14. The molecule has 5 nitrogen and oxygen atoms in total. The second kappa shape index (κ2) is 8.01. The molecular formula is C20H25N3O2. The van der Waals surface area contributed by atoms with Gasteiger partial charge in [-0.1, -0.05) is 19.1 Å². The molecule has 0 aliphatic carbocycles. The van der Waals surface area contributed by atoms with Crippen LogP contribution in [0, 0.1) is 0 Å². The van der Waals surface area contributed by atoms with Crippen molar-refractivity contribution in [3.8, 4) is 5.69 Å². The summed E-state index contributed by atoms with van der Waals surface area (Å²) in [4.78, 5) is 26.0. The molecule has 1 N–H and O–H groups in total. The molecule has 1 aliphatic heterocycles. The van der Waals surface area contributed by atoms with Crippen LogP contribution < -0.4 is 5.32 Å². The monoisotopic (exact) mass is 339 g/mol. The van der Waals surface area contributed by atoms with Crippen LogP contribution >= 0.6 is 0 Å². The number of carbonyl (C=O) groups excluding carboxylic acids is 2. The van der Waals surface area contributed by atoms with E-state index in [0.29, 0.717) is 19.4 Å². The molecule has 132 valence electrons. The van der Waals surface area contributed by atoms with Gasteiger partial charge in [-0.05, 0) is 42.7 Å². The van der Waals surface area contributed by atoms with Crippen molar-refractivity contribution in [2.24, 2.45) is 0 Å². The van der Waals surface area contributed by atoms with Crippen LogP contribution in [0.3, 0.4) is 0 Å². The molecule has 0 radical (unpaired) electrons. The fourth-order valence-corrected chi connectivity index (χ4v) is 3.23. The van der Waals surface area contributed by atoms with Gasteiger partial charge < -0.3 is 14.8 Å². The minimum Gasteiger partial charge on any atom is -0.352 e. The molecule has 0 spiro atoms. The van der Waals surface area contributed by atoms with E-state index in [1.165, 1.54) is 0 Å². The molecule has 0 bridgehead atoms. The highest BCUT2D eigenvalue weighted by Gasteiger charge is 2.24. The summed E-state index contributed by atoms with van der Waals surface area (Å²) < 4.78 is 2.04. The maximum atomic E-state index is 12.6. The molecular weight excluding hydrogens is 314 g/mol. The molecule has 0 saturated carbocycles. The van der Waals surface area contributed by atoms with Crippen LogP contribution in [0.25, 0.3) is 5.69 Å². The van der Waals surface area contributed by atoms with E-state index in [0.717, 1.165) is 30.6 Å². The molecule has 1 aromatic carbocycles. The zero-order chi connectivity index (χ0) is 17.6. The second-order valence-corrected chi connectivity index (χ2v) is 6.53. The van der Waals surface area contributed by atoms with Crippen LogP contribution in [0.15, 0.2) is 48.8 Å². The first-order valence-electron chi connectivity index (χ1n) is 8.95. The largest absolute Gasteiger partial charge is 0.352 e. The first-order valence-corrected chi connectivity index (χ1v) is 8.95. The maximum absolute atomic E-state index is 12.6. The molecule has 1 atom stereocenters. The molecule has 2 aromatic rings. The maximum Gasteiger partial charge on any atom is 0.227 e. The van der Waals surface area contributed by atoms with Crippen molar-refractivity contribution in [1.29, 1.82) is 0 Å². The van der Waals surface area contributed by atoms with E-state index in [1.807, 2.05) is 65.2 Å². The predicted molar refractivity (Wildman–Crippen MR) is 97.5 cm³/mol. The first-order chi connectivity index (χ1) is 12.2. The lowest BCUT2D eigenvalue weighted by Gasteiger charge is -2.33. The molecule has 25 heavy (non-hydrogen) atoms. The van der Waals surface area contributed by atoms with Gasteiger partial charge in [-0.3, -0.25) is 9.59 Å². The Morgan fingerprint density at radius 2 is 1.88 bits per heavy atom. The van der Waals surface area contributed by atoms with Crippen LogP contribution in [0.2, 0.25) is 0 Å². The number of carbonyl (C=O) groups is 2. The summed E-state index contributed by atoms with van der Waals surface area (Å²) in [5, 5.41) is 3.00. The van der Waals surface area contributed by atoms with E-state index in [2.05, 4.69) is 5.32 Å². The van der Waals surface area contributed by atoms with Crippen molar-refractivity contribution in [2.45, 2.75) is 38.6 Å². The van der Waals surface area contributed by atoms with Crippen LogP contribution in [0.5, 0.6) is 0 Å². The standard InChI is InChI=1S/C20H25N3O2/c1-2-19(24)21-17-6-5-13-23(15-17)20(25)14-16-7-9-18(10-8-16)22-11-3-4-12-22/h3-4,7-12,17H,2,5-6,13-15H2,1H3,(H,21,24). The van der Waals surface area contributed by atoms with Crippen LogP contribution in [0.1, 0.15) is 31.7 Å². The summed E-state index contributed by atoms with van der Waals surface area (Å²) in [5.74, 6) is 0.184. The van der Waals surface area contributed by atoms with Gasteiger partial charge in [0.15, 0.2) is 0 Å². The number of hydrogen-bond acceptors (Lipinski definition) is 2. The molecule has 1 fully saturated rings. The number of likely N-dealkylation sites (tertiary alicyclic amines) is 1. The summed E-state index contributed by atoms with van der Waals surface area (Å²) in [6.45, 7) is 3.24. The van der Waals surface area contributed by atoms with Crippen molar-refractivity contribution in [2.75, 3.05) is 13.1 Å². The average molecular weight is 339 g/mol. The zero-order valence-corrected chi connectivity index (χ0v) is 14.6. The van der Waals surface area contributed by atoms with Gasteiger partial charge in [0.2, 0.25) is 11.8 Å². The molecule has 1 aromatic heterocycles. The molecule has 2 heterocycles. The van der Waals surface area contributed by atoms with Crippen LogP contribution in [-0.4, -0.2) is 40.4 Å². The summed E-state index contributed by atoms with van der Waals surface area (Å²) in [6, 6.07) is 12.1. The lowest BCUT2D eigenvalue weighted by Crippen LogP contribution is -2.49. The van der Waals surface area contributed by atoms with E-state index >= 15 is 0 Å². The van der Waals surface area contributed by atoms with E-state index in [4.69, 9.17) is 0 Å². The highest BCUT2D eigenvalue weighted by molar-refractivity contribution is 5.79. The zero-order valence-electron chi connectivity index (χ0n) is 14.6. The van der Waals surface area contributed by atoms with Crippen molar-refractivity contribution in [3.05, 3.63) is 54.4 Å². The molecule has 5 heteroatoms. The van der Waals surface area contributed by atoms with Gasteiger partial charge in [-0.25, -0.2) is 0 Å². The van der Waals surface area contributed by atoms with Crippen LogP contribution in [0.4, 0.5) is 0 Å². The molecule has 1 saturated heterocycles. The molecule has 2 amide bonds. The fraction of sp³-hybridized carbons (Fsp3) is 0.400. The van der Waals surface area contributed by atoms with E-state index in [1.54, 1.807) is 0 Å². The third kappa shape index (κ3) is 4.50. The Kier molecular flexibility index (Phi) is 5.53. The fourth-order valence-electron chi connectivity index (χ4n) is 3.23. The topological polar surface area (TPSA) is 54.3 Å². The van der Waals surface area contributed by atoms with Crippen molar-refractivity contribution >= 4 is 11.8 Å². The summed E-state index contributed by atoms with van der Waals surface area (Å²) in [5.41, 5.74) is 2.10. The summed E-state index contributed by atoms with van der Waals surface area (Å²) >= 11 is 0. The molecule has 1 unspecified atom stereocenters. The normalized spacial score (nSPS) is 17.3. The Morgan fingerprint density at radius 3 is 2.56 bits per heavy atom. The Bertz CT molecular complexity index is 707. The lowest BCUT2D eigenvalue weighted by molar-refractivity contribution is -0.133. The van der Waals surface area contributed by atoms with Gasteiger partial charge in [-0.15, -0.1) is 0 Å². The number of rotatable bonds is 5. The van der Waals surface area contributed by atoms with Gasteiger partial charge >= 0.3 is 0 Å². The van der Waals surface area contributed by atoms with E-state index in [-0.39, 0.29) is 17.9 Å². The first kappa shape index (κ1) is 17.3. The number of hydrogen-bond donors (Lipinski definition) is 1. The highest BCUT2D eigenvalue weighted by atomic mass is 16.2. The smallest absolute Gasteiger partial charge is 0.227 e. The van der Waals surface area contributed by atoms with Crippen LogP contribution in [-0.2, 0) is 16.0 Å². The SMILES string of the molecule is CCC(=O)NC1CCCN(C(=O)Cc2ccc(-n3cccc3)cc2)C1. The number of benzene rings is 1. The number of nitrogens with zero attached hydrogens (tertiary/aromatic N) is 2. The predicted octanol–water partition coefficient (Wildman–Crippen LogP) is 2.54. The number of piperidine rings is 1. The molecule has 1 aliphatic rings. The van der Waals surface area contributed by atoms with Crippen molar-refractivity contribution < 1.29 is 9.59 Å². The Balaban J connectivity index is 1.57. The average Bonchev–Trinajstić information content (AvgIpc) is 3.17. The minimum absolute atomic E-state index is 0.0555. The molecule has 3 rings (SSSR count). The lowest BCUT2D eigenvalue weighted by atomic mass is 10.0. The Morgan fingerprint density at radius 1 is 1.16 bits per heavy atom. The van der Waals surface area contributed by atoms with Gasteiger partial charge in [0.1, 0.15) is 0 Å². The van der Waals surface area contributed by atoms with Gasteiger partial charge in [-0.2, -0.15) is 0 Å². The Hall–Kier alpha value is -2.56. The van der Waals surface area contributed by atoms with Gasteiger partial charge in [0.05, 0.1) is 6.42 Å². The second-order valence-electron chi connectivity index (χ2n) is 6.53. The third-order valence-electron chi connectivity index (χ3n) is 4.65. The van der Waals surface area contributed by atoms with Crippen molar-refractivity contribution in [3.63, 3.8) is 0 Å².